The Morgan fingerprint density at radius 3 is 3.00 bits per heavy atom. The highest BCUT2D eigenvalue weighted by Crippen LogP contribution is 2.09. The van der Waals surface area contributed by atoms with Crippen molar-refractivity contribution in [1.82, 2.24) is 10.2 Å². The van der Waals surface area contributed by atoms with Crippen molar-refractivity contribution in [3.63, 3.8) is 0 Å². The standard InChI is InChI=1S/C14H14N4/c1-11-3-2-4-12(9-11)5-7-16-14-13(10-15)6-8-17-18-14/h2-4,6,8-9H,5,7H2,1H3,(H,16,18). The van der Waals surface area contributed by atoms with E-state index >= 15 is 0 Å². The largest absolute Gasteiger partial charge is 0.367 e. The van der Waals surface area contributed by atoms with Gasteiger partial charge in [0.15, 0.2) is 5.82 Å². The molecule has 2 aromatic rings. The summed E-state index contributed by atoms with van der Waals surface area (Å²) in [7, 11) is 0. The first kappa shape index (κ1) is 12.1. The summed E-state index contributed by atoms with van der Waals surface area (Å²) in [6, 6.07) is 12.1. The number of nitrogens with one attached hydrogen (secondary N) is 1. The van der Waals surface area contributed by atoms with E-state index in [1.807, 2.05) is 6.07 Å². The lowest BCUT2D eigenvalue weighted by atomic mass is 10.1. The molecule has 4 nitrogen and oxygen atoms in total. The second-order valence-electron chi connectivity index (χ2n) is 4.07. The van der Waals surface area contributed by atoms with Gasteiger partial charge in [0.25, 0.3) is 0 Å². The van der Waals surface area contributed by atoms with Crippen LogP contribution in [0.15, 0.2) is 36.5 Å². The van der Waals surface area contributed by atoms with Crippen LogP contribution in [0.5, 0.6) is 0 Å². The lowest BCUT2D eigenvalue weighted by molar-refractivity contribution is 0.962. The highest BCUT2D eigenvalue weighted by atomic mass is 15.2. The zero-order valence-corrected chi connectivity index (χ0v) is 10.2. The second kappa shape index (κ2) is 5.78. The van der Waals surface area contributed by atoms with Crippen LogP contribution in [0.2, 0.25) is 0 Å². The van der Waals surface area contributed by atoms with Gasteiger partial charge in [-0.15, -0.1) is 5.10 Å². The Balaban J connectivity index is 1.95. The minimum Gasteiger partial charge on any atom is -0.367 e. The number of anilines is 1. The number of benzene rings is 1. The smallest absolute Gasteiger partial charge is 0.166 e. The molecule has 0 aliphatic heterocycles. The van der Waals surface area contributed by atoms with Crippen molar-refractivity contribution in [3.8, 4) is 6.07 Å². The van der Waals surface area contributed by atoms with E-state index in [1.165, 1.54) is 17.3 Å². The van der Waals surface area contributed by atoms with Crippen molar-refractivity contribution in [2.75, 3.05) is 11.9 Å². The molecule has 1 aromatic carbocycles. The van der Waals surface area contributed by atoms with Crippen molar-refractivity contribution < 1.29 is 0 Å². The molecule has 4 heteroatoms. The summed E-state index contributed by atoms with van der Waals surface area (Å²) in [6.45, 7) is 2.81. The number of nitrogens with zero attached hydrogens (tertiary/aromatic N) is 3. The van der Waals surface area contributed by atoms with Gasteiger partial charge in [-0.2, -0.15) is 10.4 Å². The molecule has 1 heterocycles. The first-order chi connectivity index (χ1) is 8.79. The molecule has 0 saturated carbocycles. The SMILES string of the molecule is Cc1cccc(CCNc2nnccc2C#N)c1. The van der Waals surface area contributed by atoms with Gasteiger partial charge in [-0.25, -0.2) is 0 Å². The molecule has 2 rings (SSSR count). The van der Waals surface area contributed by atoms with E-state index in [4.69, 9.17) is 5.26 Å². The van der Waals surface area contributed by atoms with Crippen LogP contribution in [0.3, 0.4) is 0 Å². The molecule has 1 N–H and O–H groups in total. The fraction of sp³-hybridized carbons (Fsp3) is 0.214. The van der Waals surface area contributed by atoms with E-state index in [0.29, 0.717) is 11.4 Å². The van der Waals surface area contributed by atoms with E-state index in [9.17, 15) is 0 Å². The maximum atomic E-state index is 8.91. The Morgan fingerprint density at radius 2 is 2.22 bits per heavy atom. The maximum Gasteiger partial charge on any atom is 0.166 e. The van der Waals surface area contributed by atoms with Crippen LogP contribution in [0, 0.1) is 18.3 Å². The average molecular weight is 238 g/mol. The molecule has 0 unspecified atom stereocenters. The van der Waals surface area contributed by atoms with Crippen molar-refractivity contribution in [2.24, 2.45) is 0 Å². The van der Waals surface area contributed by atoms with Crippen LogP contribution in [-0.4, -0.2) is 16.7 Å². The first-order valence-corrected chi connectivity index (χ1v) is 5.81. The fourth-order valence-electron chi connectivity index (χ4n) is 1.75. The van der Waals surface area contributed by atoms with Crippen LogP contribution < -0.4 is 5.32 Å². The number of nitriles is 1. The minimum atomic E-state index is 0.522. The van der Waals surface area contributed by atoms with Gasteiger partial charge in [-0.05, 0) is 25.0 Å². The third-order valence-corrected chi connectivity index (χ3v) is 2.63. The van der Waals surface area contributed by atoms with Crippen molar-refractivity contribution in [3.05, 3.63) is 53.2 Å². The molecular weight excluding hydrogens is 224 g/mol. The van der Waals surface area contributed by atoms with Crippen molar-refractivity contribution in [2.45, 2.75) is 13.3 Å². The highest BCUT2D eigenvalue weighted by molar-refractivity contribution is 5.50. The molecule has 18 heavy (non-hydrogen) atoms. The van der Waals surface area contributed by atoms with Crippen molar-refractivity contribution >= 4 is 5.82 Å². The Labute approximate surface area is 106 Å². The molecule has 0 radical (unpaired) electrons. The minimum absolute atomic E-state index is 0.522. The zero-order valence-electron chi connectivity index (χ0n) is 10.2. The Kier molecular flexibility index (Phi) is 3.87. The van der Waals surface area contributed by atoms with E-state index in [0.717, 1.165) is 13.0 Å². The molecule has 90 valence electrons. The quantitative estimate of drug-likeness (QED) is 0.887. The van der Waals surface area contributed by atoms with Crippen LogP contribution in [-0.2, 0) is 6.42 Å². The fourth-order valence-corrected chi connectivity index (χ4v) is 1.75. The topological polar surface area (TPSA) is 61.6 Å². The summed E-state index contributed by atoms with van der Waals surface area (Å²) in [6.07, 6.45) is 2.41. The number of hydrogen-bond donors (Lipinski definition) is 1. The van der Waals surface area contributed by atoms with Gasteiger partial charge in [0.1, 0.15) is 6.07 Å². The predicted molar refractivity (Wildman–Crippen MR) is 70.1 cm³/mol. The van der Waals surface area contributed by atoms with E-state index in [2.05, 4.69) is 46.7 Å². The van der Waals surface area contributed by atoms with E-state index in [-0.39, 0.29) is 0 Å². The van der Waals surface area contributed by atoms with Gasteiger partial charge in [0.2, 0.25) is 0 Å². The molecule has 0 aliphatic rings. The monoisotopic (exact) mass is 238 g/mol. The highest BCUT2D eigenvalue weighted by Gasteiger charge is 2.02. The molecule has 0 aliphatic carbocycles. The van der Waals surface area contributed by atoms with Gasteiger partial charge in [-0.3, -0.25) is 0 Å². The second-order valence-corrected chi connectivity index (χ2v) is 4.07. The maximum absolute atomic E-state index is 8.91. The Hall–Kier alpha value is -2.41. The third kappa shape index (κ3) is 3.05. The average Bonchev–Trinajstić information content (AvgIpc) is 2.39. The van der Waals surface area contributed by atoms with Crippen LogP contribution >= 0.6 is 0 Å². The molecule has 0 spiro atoms. The lowest BCUT2D eigenvalue weighted by Gasteiger charge is -2.06. The zero-order chi connectivity index (χ0) is 12.8. The summed E-state index contributed by atoms with van der Waals surface area (Å²) in [5, 5.41) is 19.7. The van der Waals surface area contributed by atoms with Gasteiger partial charge in [-0.1, -0.05) is 29.8 Å². The summed E-state index contributed by atoms with van der Waals surface area (Å²) in [4.78, 5) is 0. The van der Waals surface area contributed by atoms with Gasteiger partial charge < -0.3 is 5.32 Å². The molecule has 0 bridgehead atoms. The first-order valence-electron chi connectivity index (χ1n) is 5.81. The molecule has 0 atom stereocenters. The van der Waals surface area contributed by atoms with Crippen LogP contribution in [0.4, 0.5) is 5.82 Å². The number of rotatable bonds is 4. The van der Waals surface area contributed by atoms with Gasteiger partial charge >= 0.3 is 0 Å². The molecular formula is C14H14N4. The normalized spacial score (nSPS) is 9.78. The van der Waals surface area contributed by atoms with E-state index < -0.39 is 0 Å². The van der Waals surface area contributed by atoms with Crippen molar-refractivity contribution in [1.29, 1.82) is 5.26 Å². The molecule has 0 amide bonds. The summed E-state index contributed by atoms with van der Waals surface area (Å²) >= 11 is 0. The Morgan fingerprint density at radius 1 is 1.33 bits per heavy atom. The lowest BCUT2D eigenvalue weighted by Crippen LogP contribution is -2.08. The summed E-state index contributed by atoms with van der Waals surface area (Å²) in [5.74, 6) is 0.549. The van der Waals surface area contributed by atoms with E-state index in [1.54, 1.807) is 6.07 Å². The molecule has 0 fully saturated rings. The summed E-state index contributed by atoms with van der Waals surface area (Å²) in [5.41, 5.74) is 3.05. The Bertz CT molecular complexity index is 572. The van der Waals surface area contributed by atoms with Crippen LogP contribution in [0.25, 0.3) is 0 Å². The summed E-state index contributed by atoms with van der Waals surface area (Å²) < 4.78 is 0. The molecule has 0 saturated heterocycles. The van der Waals surface area contributed by atoms with Crippen LogP contribution in [0.1, 0.15) is 16.7 Å². The van der Waals surface area contributed by atoms with Gasteiger partial charge in [0, 0.05) is 6.54 Å². The molecule has 1 aromatic heterocycles. The number of aryl methyl sites for hydroxylation is 1. The third-order valence-electron chi connectivity index (χ3n) is 2.63. The van der Waals surface area contributed by atoms with Gasteiger partial charge in [0.05, 0.1) is 11.8 Å². The number of aromatic nitrogens is 2. The number of hydrogen-bond acceptors (Lipinski definition) is 4. The predicted octanol–water partition coefficient (Wildman–Crippen LogP) is 2.31.